The Morgan fingerprint density at radius 1 is 0.833 bits per heavy atom. The Hall–Kier alpha value is -4.58. The summed E-state index contributed by atoms with van der Waals surface area (Å²) in [5, 5.41) is 8.88. The highest BCUT2D eigenvalue weighted by molar-refractivity contribution is 6.08. The van der Waals surface area contributed by atoms with Crippen LogP contribution in [0.5, 0.6) is 17.2 Å². The van der Waals surface area contributed by atoms with Crippen LogP contribution in [-0.2, 0) is 4.79 Å². The summed E-state index contributed by atoms with van der Waals surface area (Å²) in [7, 11) is 0. The van der Waals surface area contributed by atoms with Gasteiger partial charge in [-0.05, 0) is 103 Å². The van der Waals surface area contributed by atoms with Crippen LogP contribution < -0.4 is 14.2 Å². The summed E-state index contributed by atoms with van der Waals surface area (Å²) in [5.41, 5.74) is 4.23. The van der Waals surface area contributed by atoms with Crippen LogP contribution >= 0.6 is 0 Å². The van der Waals surface area contributed by atoms with Crippen molar-refractivity contribution < 1.29 is 19.0 Å². The number of fused-ring (bicyclic) bond motifs is 2. The predicted octanol–water partition coefficient (Wildman–Crippen LogP) is 7.84. The number of carbonyl (C=O) groups is 1. The molecular formula is C36H36N2O4. The van der Waals surface area contributed by atoms with Crippen LogP contribution in [0.3, 0.4) is 0 Å². The number of amides is 1. The second-order valence-corrected chi connectivity index (χ2v) is 10.6. The zero-order chi connectivity index (χ0) is 28.9. The zero-order valence-electron chi connectivity index (χ0n) is 24.2. The summed E-state index contributed by atoms with van der Waals surface area (Å²) in [5.74, 6) is 2.22. The smallest absolute Gasteiger partial charge is 0.281 e. The van der Waals surface area contributed by atoms with E-state index in [1.165, 1.54) is 0 Å². The van der Waals surface area contributed by atoms with Crippen LogP contribution in [0, 0.1) is 5.92 Å². The second-order valence-electron chi connectivity index (χ2n) is 10.6. The zero-order valence-corrected chi connectivity index (χ0v) is 24.2. The number of carbonyl (C=O) groups excluding carboxylic acids is 1. The number of allylic oxidation sites excluding steroid dienone is 1. The average molecular weight is 561 g/mol. The number of ether oxygens (including phenoxy) is 3. The predicted molar refractivity (Wildman–Crippen MR) is 167 cm³/mol. The van der Waals surface area contributed by atoms with E-state index in [0.717, 1.165) is 63.9 Å². The molecule has 4 aromatic rings. The molecular weight excluding hydrogens is 524 g/mol. The van der Waals surface area contributed by atoms with E-state index in [-0.39, 0.29) is 24.5 Å². The minimum absolute atomic E-state index is 0.0848. The molecule has 1 fully saturated rings. The van der Waals surface area contributed by atoms with E-state index in [1.54, 1.807) is 5.01 Å². The van der Waals surface area contributed by atoms with Crippen molar-refractivity contribution in [1.82, 2.24) is 5.01 Å². The number of hydrazone groups is 1. The molecule has 6 heteroatoms. The molecule has 1 amide bonds. The number of hydrogen-bond donors (Lipinski definition) is 0. The highest BCUT2D eigenvalue weighted by atomic mass is 16.5. The van der Waals surface area contributed by atoms with Gasteiger partial charge in [-0.25, -0.2) is 5.01 Å². The van der Waals surface area contributed by atoms with Gasteiger partial charge in [0.2, 0.25) is 0 Å². The maximum absolute atomic E-state index is 13.8. The molecule has 0 spiro atoms. The topological polar surface area (TPSA) is 60.4 Å². The van der Waals surface area contributed by atoms with Crippen molar-refractivity contribution in [1.29, 1.82) is 0 Å². The van der Waals surface area contributed by atoms with Gasteiger partial charge >= 0.3 is 0 Å². The fourth-order valence-electron chi connectivity index (χ4n) is 6.03. The first-order valence-corrected chi connectivity index (χ1v) is 14.8. The minimum atomic E-state index is -0.230. The molecule has 0 saturated heterocycles. The van der Waals surface area contributed by atoms with E-state index < -0.39 is 0 Å². The molecule has 6 rings (SSSR count). The fourth-order valence-corrected chi connectivity index (χ4v) is 6.03. The van der Waals surface area contributed by atoms with Crippen molar-refractivity contribution >= 4 is 28.5 Å². The molecule has 0 N–H and O–H groups in total. The summed E-state index contributed by atoms with van der Waals surface area (Å²) in [6.45, 7) is 5.06. The van der Waals surface area contributed by atoms with Crippen molar-refractivity contribution in [3.05, 3.63) is 108 Å². The van der Waals surface area contributed by atoms with Gasteiger partial charge in [-0.2, -0.15) is 5.10 Å². The van der Waals surface area contributed by atoms with Gasteiger partial charge in [0.25, 0.3) is 5.91 Å². The van der Waals surface area contributed by atoms with Crippen LogP contribution in [0.4, 0.5) is 0 Å². The van der Waals surface area contributed by atoms with Crippen molar-refractivity contribution in [3.63, 3.8) is 0 Å². The van der Waals surface area contributed by atoms with Crippen LogP contribution in [-0.4, -0.2) is 36.4 Å². The monoisotopic (exact) mass is 560 g/mol. The number of nitrogens with zero attached hydrogens (tertiary/aromatic N) is 2. The Bertz CT molecular complexity index is 1640. The summed E-state index contributed by atoms with van der Waals surface area (Å²) < 4.78 is 17.6. The van der Waals surface area contributed by atoms with E-state index in [1.807, 2.05) is 80.6 Å². The highest BCUT2D eigenvalue weighted by Crippen LogP contribution is 2.45. The lowest BCUT2D eigenvalue weighted by molar-refractivity contribution is -0.135. The lowest BCUT2D eigenvalue weighted by Crippen LogP contribution is -2.34. The van der Waals surface area contributed by atoms with Crippen molar-refractivity contribution in [2.45, 2.75) is 39.2 Å². The Labute approximate surface area is 247 Å². The quantitative estimate of drug-likeness (QED) is 0.209. The van der Waals surface area contributed by atoms with E-state index in [2.05, 4.69) is 30.3 Å². The largest absolute Gasteiger partial charge is 0.494 e. The van der Waals surface area contributed by atoms with E-state index in [4.69, 9.17) is 19.3 Å². The fraction of sp³-hybridized carbons (Fsp3) is 0.278. The summed E-state index contributed by atoms with van der Waals surface area (Å²) in [4.78, 5) is 13.8. The normalized spacial score (nSPS) is 19.0. The Morgan fingerprint density at radius 3 is 2.38 bits per heavy atom. The molecule has 1 saturated carbocycles. The van der Waals surface area contributed by atoms with Gasteiger partial charge in [0.15, 0.2) is 6.61 Å². The van der Waals surface area contributed by atoms with E-state index in [0.29, 0.717) is 19.0 Å². The van der Waals surface area contributed by atoms with Crippen LogP contribution in [0.15, 0.2) is 102 Å². The van der Waals surface area contributed by atoms with Crippen LogP contribution in [0.2, 0.25) is 0 Å². The number of hydrogen-bond acceptors (Lipinski definition) is 5. The van der Waals surface area contributed by atoms with Gasteiger partial charge in [-0.1, -0.05) is 54.6 Å². The van der Waals surface area contributed by atoms with Gasteiger partial charge in [0.1, 0.15) is 17.2 Å². The summed E-state index contributed by atoms with van der Waals surface area (Å²) in [6.07, 6.45) is 5.09. The third-order valence-corrected chi connectivity index (χ3v) is 7.86. The second kappa shape index (κ2) is 12.5. The van der Waals surface area contributed by atoms with Crippen LogP contribution in [0.25, 0.3) is 16.8 Å². The first-order chi connectivity index (χ1) is 20.6. The van der Waals surface area contributed by atoms with Gasteiger partial charge in [-0.15, -0.1) is 0 Å². The SMILES string of the molecule is CCOc1cccc(/C=C2/CCC[C@@H]3C2=NN(C(=O)COc2ccc4ccccc4c2)[C@@H]3c2cccc(OCC)c2)c1. The highest BCUT2D eigenvalue weighted by Gasteiger charge is 2.44. The molecule has 1 aliphatic heterocycles. The third kappa shape index (κ3) is 5.89. The van der Waals surface area contributed by atoms with Crippen molar-refractivity contribution in [3.8, 4) is 17.2 Å². The lowest BCUT2D eigenvalue weighted by Gasteiger charge is -2.30. The molecule has 1 aliphatic carbocycles. The van der Waals surface area contributed by atoms with Crippen LogP contribution in [0.1, 0.15) is 50.3 Å². The molecule has 4 aromatic carbocycles. The molecule has 0 unspecified atom stereocenters. The molecule has 0 bridgehead atoms. The molecule has 214 valence electrons. The van der Waals surface area contributed by atoms with Crippen molar-refractivity contribution in [2.24, 2.45) is 11.0 Å². The number of benzene rings is 4. The minimum Gasteiger partial charge on any atom is -0.494 e. The molecule has 1 heterocycles. The van der Waals surface area contributed by atoms with Gasteiger partial charge < -0.3 is 14.2 Å². The maximum atomic E-state index is 13.8. The van der Waals surface area contributed by atoms with Gasteiger partial charge in [-0.3, -0.25) is 4.79 Å². The molecule has 2 aliphatic rings. The Balaban J connectivity index is 1.31. The molecule has 0 aromatic heterocycles. The Kier molecular flexibility index (Phi) is 8.22. The standard InChI is InChI=1S/C36H36N2O4/c1-3-40-30-15-7-10-25(21-30)20-28-13-9-17-33-35(28)37-38(36(33)29-14-8-16-31(23-29)41-4-2)34(39)24-42-32-19-18-26-11-5-6-12-27(26)22-32/h5-8,10-12,14-16,18-23,33,36H,3-4,9,13,17,24H2,1-2H3/b28-20-/t33-,36-/m1/s1. The molecule has 0 radical (unpaired) electrons. The van der Waals surface area contributed by atoms with Gasteiger partial charge in [0, 0.05) is 5.92 Å². The summed E-state index contributed by atoms with van der Waals surface area (Å²) >= 11 is 0. The van der Waals surface area contributed by atoms with Gasteiger partial charge in [0.05, 0.1) is 25.0 Å². The Morgan fingerprint density at radius 2 is 1.57 bits per heavy atom. The van der Waals surface area contributed by atoms with E-state index in [9.17, 15) is 4.79 Å². The first kappa shape index (κ1) is 27.6. The van der Waals surface area contributed by atoms with E-state index >= 15 is 0 Å². The molecule has 2 atom stereocenters. The molecule has 42 heavy (non-hydrogen) atoms. The third-order valence-electron chi connectivity index (χ3n) is 7.86. The lowest BCUT2D eigenvalue weighted by atomic mass is 9.77. The average Bonchev–Trinajstić information content (AvgIpc) is 3.41. The number of rotatable bonds is 9. The summed E-state index contributed by atoms with van der Waals surface area (Å²) in [6, 6.07) is 30.0. The maximum Gasteiger partial charge on any atom is 0.281 e. The molecule has 6 nitrogen and oxygen atoms in total. The first-order valence-electron chi connectivity index (χ1n) is 14.8. The van der Waals surface area contributed by atoms with Crippen molar-refractivity contribution in [2.75, 3.05) is 19.8 Å².